The minimum absolute atomic E-state index is 0.0989. The summed E-state index contributed by atoms with van der Waals surface area (Å²) >= 11 is 2.98. The highest BCUT2D eigenvalue weighted by Crippen LogP contribution is 2.35. The van der Waals surface area contributed by atoms with Crippen LogP contribution in [0.3, 0.4) is 0 Å². The molecule has 1 heterocycles. The Bertz CT molecular complexity index is 628. The smallest absolute Gasteiger partial charge is 0.436 e. The van der Waals surface area contributed by atoms with Crippen molar-refractivity contribution in [3.63, 3.8) is 0 Å². The number of aromatic nitrogens is 2. The van der Waals surface area contributed by atoms with E-state index in [9.17, 15) is 13.2 Å². The van der Waals surface area contributed by atoms with Crippen LogP contribution in [-0.4, -0.2) is 16.1 Å². The highest BCUT2D eigenvalue weighted by molar-refractivity contribution is 9.10. The molecular weight excluding hydrogens is 343 g/mol. The number of ether oxygens (including phenoxy) is 2. The average molecular weight is 352 g/mol. The zero-order valence-corrected chi connectivity index (χ0v) is 11.7. The third-order valence-electron chi connectivity index (χ3n) is 2.16. The number of hydrogen-bond donors (Lipinski definition) is 1. The number of nitrogen functional groups attached to an aromatic ring is 1. The maximum absolute atomic E-state index is 12.1. The minimum Gasteiger partial charge on any atom is -0.436 e. The first-order valence-electron chi connectivity index (χ1n) is 5.27. The van der Waals surface area contributed by atoms with Gasteiger partial charge < -0.3 is 15.2 Å². The number of benzene rings is 1. The van der Waals surface area contributed by atoms with Crippen LogP contribution in [0.5, 0.6) is 17.4 Å². The van der Waals surface area contributed by atoms with E-state index in [1.54, 1.807) is 13.2 Å². The van der Waals surface area contributed by atoms with Crippen LogP contribution in [0, 0.1) is 0 Å². The van der Waals surface area contributed by atoms with E-state index in [0.29, 0.717) is 5.69 Å². The Balaban J connectivity index is 2.19. The van der Waals surface area contributed by atoms with E-state index >= 15 is 0 Å². The standard InChI is InChI=1S/C11H9BrF3N3O2/c1-18-5-8(16)10(17-18)19-6-2-3-9(7(12)4-6)20-11(13,14)15/h2-5H,16H2,1H3. The Kier molecular flexibility index (Phi) is 3.80. The monoisotopic (exact) mass is 351 g/mol. The number of aryl methyl sites for hydroxylation is 1. The van der Waals surface area contributed by atoms with Crippen molar-refractivity contribution in [2.45, 2.75) is 6.36 Å². The van der Waals surface area contributed by atoms with Gasteiger partial charge in [-0.15, -0.1) is 18.3 Å². The van der Waals surface area contributed by atoms with E-state index in [1.165, 1.54) is 16.8 Å². The quantitative estimate of drug-likeness (QED) is 0.919. The highest BCUT2D eigenvalue weighted by atomic mass is 79.9. The minimum atomic E-state index is -4.75. The topological polar surface area (TPSA) is 62.3 Å². The summed E-state index contributed by atoms with van der Waals surface area (Å²) in [5, 5.41) is 3.96. The van der Waals surface area contributed by atoms with Crippen molar-refractivity contribution >= 4 is 21.6 Å². The first-order valence-corrected chi connectivity index (χ1v) is 6.06. The SMILES string of the molecule is Cn1cc(N)c(Oc2ccc(OC(F)(F)F)c(Br)c2)n1. The van der Waals surface area contributed by atoms with Crippen LogP contribution < -0.4 is 15.2 Å². The molecule has 9 heteroatoms. The average Bonchev–Trinajstić information content (AvgIpc) is 2.60. The molecule has 0 bridgehead atoms. The van der Waals surface area contributed by atoms with E-state index in [4.69, 9.17) is 10.5 Å². The second-order valence-electron chi connectivity index (χ2n) is 3.81. The third-order valence-corrected chi connectivity index (χ3v) is 2.78. The van der Waals surface area contributed by atoms with E-state index in [-0.39, 0.29) is 21.9 Å². The van der Waals surface area contributed by atoms with Gasteiger partial charge in [0.2, 0.25) is 0 Å². The lowest BCUT2D eigenvalue weighted by Crippen LogP contribution is -2.17. The van der Waals surface area contributed by atoms with E-state index in [2.05, 4.69) is 25.8 Å². The van der Waals surface area contributed by atoms with Crippen LogP contribution in [0.4, 0.5) is 18.9 Å². The molecule has 5 nitrogen and oxygen atoms in total. The Labute approximate surface area is 120 Å². The zero-order valence-electron chi connectivity index (χ0n) is 10.1. The van der Waals surface area contributed by atoms with Crippen molar-refractivity contribution in [1.29, 1.82) is 0 Å². The van der Waals surface area contributed by atoms with Gasteiger partial charge in [-0.25, -0.2) is 0 Å². The van der Waals surface area contributed by atoms with Gasteiger partial charge in [-0.1, -0.05) is 0 Å². The molecule has 0 amide bonds. The molecule has 0 spiro atoms. The molecule has 20 heavy (non-hydrogen) atoms. The Morgan fingerprint density at radius 3 is 2.55 bits per heavy atom. The van der Waals surface area contributed by atoms with Gasteiger partial charge in [-0.3, -0.25) is 4.68 Å². The molecule has 2 N–H and O–H groups in total. The van der Waals surface area contributed by atoms with Gasteiger partial charge in [0, 0.05) is 7.05 Å². The highest BCUT2D eigenvalue weighted by Gasteiger charge is 2.32. The van der Waals surface area contributed by atoms with Gasteiger partial charge in [0.15, 0.2) is 0 Å². The molecule has 0 saturated heterocycles. The van der Waals surface area contributed by atoms with Gasteiger partial charge in [0.25, 0.3) is 5.88 Å². The lowest BCUT2D eigenvalue weighted by molar-refractivity contribution is -0.274. The van der Waals surface area contributed by atoms with Crippen molar-refractivity contribution in [2.75, 3.05) is 5.73 Å². The largest absolute Gasteiger partial charge is 0.573 e. The first-order chi connectivity index (χ1) is 9.24. The second kappa shape index (κ2) is 5.23. The van der Waals surface area contributed by atoms with Crippen molar-refractivity contribution in [3.05, 3.63) is 28.9 Å². The van der Waals surface area contributed by atoms with Crippen LogP contribution in [0.25, 0.3) is 0 Å². The fraction of sp³-hybridized carbons (Fsp3) is 0.182. The van der Waals surface area contributed by atoms with E-state index in [1.807, 2.05) is 0 Å². The van der Waals surface area contributed by atoms with Crippen LogP contribution >= 0.6 is 15.9 Å². The normalized spacial score (nSPS) is 11.4. The lowest BCUT2D eigenvalue weighted by atomic mass is 10.3. The molecule has 1 aromatic carbocycles. The summed E-state index contributed by atoms with van der Waals surface area (Å²) in [7, 11) is 1.67. The number of nitrogens with zero attached hydrogens (tertiary/aromatic N) is 2. The third kappa shape index (κ3) is 3.56. The summed E-state index contributed by atoms with van der Waals surface area (Å²) in [4.78, 5) is 0. The fourth-order valence-corrected chi connectivity index (χ4v) is 1.87. The number of rotatable bonds is 3. The molecule has 0 aliphatic heterocycles. The number of hydrogen-bond acceptors (Lipinski definition) is 4. The Hall–Kier alpha value is -1.90. The number of halogens is 4. The van der Waals surface area contributed by atoms with Crippen molar-refractivity contribution in [3.8, 4) is 17.4 Å². The molecule has 2 aromatic rings. The molecule has 0 unspecified atom stereocenters. The van der Waals surface area contributed by atoms with Gasteiger partial charge >= 0.3 is 6.36 Å². The summed E-state index contributed by atoms with van der Waals surface area (Å²) in [6, 6.07) is 3.78. The van der Waals surface area contributed by atoms with Gasteiger partial charge in [0.1, 0.15) is 17.2 Å². The molecular formula is C11H9BrF3N3O2. The molecule has 0 aliphatic rings. The summed E-state index contributed by atoms with van der Waals surface area (Å²) in [6.07, 6.45) is -3.21. The van der Waals surface area contributed by atoms with Crippen LogP contribution in [0.15, 0.2) is 28.9 Å². The molecule has 0 fully saturated rings. The molecule has 108 valence electrons. The molecule has 1 aromatic heterocycles. The van der Waals surface area contributed by atoms with E-state index in [0.717, 1.165) is 6.07 Å². The summed E-state index contributed by atoms with van der Waals surface area (Å²) in [5.74, 6) is 0.0829. The Morgan fingerprint density at radius 2 is 2.05 bits per heavy atom. The summed E-state index contributed by atoms with van der Waals surface area (Å²) in [6.45, 7) is 0. The predicted molar refractivity (Wildman–Crippen MR) is 68.5 cm³/mol. The number of nitrogens with two attached hydrogens (primary N) is 1. The molecule has 0 radical (unpaired) electrons. The Morgan fingerprint density at radius 1 is 1.35 bits per heavy atom. The fourth-order valence-electron chi connectivity index (χ4n) is 1.43. The summed E-state index contributed by atoms with van der Waals surface area (Å²) < 4.78 is 47.1. The van der Waals surface area contributed by atoms with Crippen molar-refractivity contribution < 1.29 is 22.6 Å². The summed E-state index contributed by atoms with van der Waals surface area (Å²) in [5.41, 5.74) is 5.97. The predicted octanol–water partition coefficient (Wildman–Crippen LogP) is 3.46. The van der Waals surface area contributed by atoms with Gasteiger partial charge in [-0.05, 0) is 34.1 Å². The second-order valence-corrected chi connectivity index (χ2v) is 4.66. The van der Waals surface area contributed by atoms with Gasteiger partial charge in [-0.2, -0.15) is 0 Å². The maximum atomic E-state index is 12.1. The molecule has 0 aliphatic carbocycles. The van der Waals surface area contributed by atoms with Crippen LogP contribution in [0.2, 0.25) is 0 Å². The first kappa shape index (κ1) is 14.5. The van der Waals surface area contributed by atoms with Gasteiger partial charge in [0.05, 0.1) is 10.7 Å². The van der Waals surface area contributed by atoms with Crippen molar-refractivity contribution in [1.82, 2.24) is 9.78 Å². The van der Waals surface area contributed by atoms with Crippen molar-refractivity contribution in [2.24, 2.45) is 7.05 Å². The zero-order chi connectivity index (χ0) is 14.9. The molecule has 2 rings (SSSR count). The molecule has 0 saturated carbocycles. The van der Waals surface area contributed by atoms with E-state index < -0.39 is 6.36 Å². The maximum Gasteiger partial charge on any atom is 0.573 e. The molecule has 0 atom stereocenters. The lowest BCUT2D eigenvalue weighted by Gasteiger charge is -2.11. The van der Waals surface area contributed by atoms with Crippen LogP contribution in [0.1, 0.15) is 0 Å². The number of alkyl halides is 3. The van der Waals surface area contributed by atoms with Crippen LogP contribution in [-0.2, 0) is 7.05 Å². The number of anilines is 1.